The molecule has 1 aliphatic rings. The van der Waals surface area contributed by atoms with Crippen molar-refractivity contribution in [3.63, 3.8) is 0 Å². The summed E-state index contributed by atoms with van der Waals surface area (Å²) in [6.07, 6.45) is 0.521. The number of hydrogen-bond acceptors (Lipinski definition) is 3. The van der Waals surface area contributed by atoms with Gasteiger partial charge in [-0.25, -0.2) is 12.8 Å². The molecule has 0 aromatic heterocycles. The fourth-order valence-corrected chi connectivity index (χ4v) is 3.75. The van der Waals surface area contributed by atoms with Crippen LogP contribution < -0.4 is 5.73 Å². The van der Waals surface area contributed by atoms with Gasteiger partial charge in [-0.15, -0.1) is 0 Å². The van der Waals surface area contributed by atoms with E-state index in [1.807, 2.05) is 0 Å². The van der Waals surface area contributed by atoms with Crippen molar-refractivity contribution in [1.29, 1.82) is 0 Å². The van der Waals surface area contributed by atoms with Gasteiger partial charge >= 0.3 is 0 Å². The minimum absolute atomic E-state index is 0.0888. The van der Waals surface area contributed by atoms with Gasteiger partial charge in [0.2, 0.25) is 10.0 Å². The second-order valence-corrected chi connectivity index (χ2v) is 6.33. The lowest BCUT2D eigenvalue weighted by molar-refractivity contribution is 0.430. The zero-order valence-electron chi connectivity index (χ0n) is 9.34. The summed E-state index contributed by atoms with van der Waals surface area (Å²) in [7, 11) is -3.35. The molecule has 0 aliphatic carbocycles. The molecule has 2 N–H and O–H groups in total. The summed E-state index contributed by atoms with van der Waals surface area (Å²) < 4.78 is 38.7. The number of rotatable bonds is 3. The molecule has 1 aromatic rings. The van der Waals surface area contributed by atoms with E-state index < -0.39 is 15.3 Å². The van der Waals surface area contributed by atoms with Crippen LogP contribution in [0.2, 0.25) is 0 Å². The van der Waals surface area contributed by atoms with Gasteiger partial charge in [-0.05, 0) is 12.5 Å². The normalized spacial score (nSPS) is 24.0. The molecular formula is C11H15FN2O2S. The largest absolute Gasteiger partial charge is 0.329 e. The summed E-state index contributed by atoms with van der Waals surface area (Å²) in [5, 5.41) is -0.519. The molecule has 1 aliphatic heterocycles. The van der Waals surface area contributed by atoms with Gasteiger partial charge in [0, 0.05) is 25.2 Å². The van der Waals surface area contributed by atoms with E-state index in [2.05, 4.69) is 0 Å². The first-order chi connectivity index (χ1) is 8.05. The summed E-state index contributed by atoms with van der Waals surface area (Å²) in [4.78, 5) is 0. The Labute approximate surface area is 100 Å². The summed E-state index contributed by atoms with van der Waals surface area (Å²) in [5.74, 6) is -0.376. The maximum atomic E-state index is 13.4. The quantitative estimate of drug-likeness (QED) is 0.867. The van der Waals surface area contributed by atoms with E-state index in [-0.39, 0.29) is 18.9 Å². The average Bonchev–Trinajstić information content (AvgIpc) is 2.57. The predicted octanol–water partition coefficient (Wildman–Crippen LogP) is 0.688. The maximum absolute atomic E-state index is 13.4. The van der Waals surface area contributed by atoms with E-state index in [1.54, 1.807) is 18.2 Å². The molecular weight excluding hydrogens is 243 g/mol. The Balaban J connectivity index is 2.19. The van der Waals surface area contributed by atoms with Gasteiger partial charge in [0.15, 0.2) is 0 Å². The van der Waals surface area contributed by atoms with Crippen molar-refractivity contribution in [3.8, 4) is 0 Å². The second kappa shape index (κ2) is 4.72. The Morgan fingerprint density at radius 1 is 1.41 bits per heavy atom. The van der Waals surface area contributed by atoms with Crippen molar-refractivity contribution < 1.29 is 12.8 Å². The minimum atomic E-state index is -3.35. The molecule has 1 unspecified atom stereocenters. The van der Waals surface area contributed by atoms with E-state index in [0.717, 1.165) is 0 Å². The van der Waals surface area contributed by atoms with Crippen LogP contribution in [0.3, 0.4) is 0 Å². The standard InChI is InChI=1S/C11H15FN2O2S/c12-11-4-2-1-3-9(11)8-14-6-5-10(7-13)17(14,15)16/h1-4,10H,5-8,13H2. The van der Waals surface area contributed by atoms with Crippen LogP contribution >= 0.6 is 0 Å². The third kappa shape index (κ3) is 2.34. The fraction of sp³-hybridized carbons (Fsp3) is 0.455. The molecule has 0 radical (unpaired) electrons. The first-order valence-corrected chi connectivity index (χ1v) is 6.98. The van der Waals surface area contributed by atoms with Gasteiger partial charge in [0.25, 0.3) is 0 Å². The van der Waals surface area contributed by atoms with E-state index in [4.69, 9.17) is 5.73 Å². The molecule has 0 spiro atoms. The third-order valence-electron chi connectivity index (χ3n) is 3.05. The van der Waals surface area contributed by atoms with E-state index in [0.29, 0.717) is 18.5 Å². The smallest absolute Gasteiger partial charge is 0.218 e. The van der Waals surface area contributed by atoms with E-state index >= 15 is 0 Å². The van der Waals surface area contributed by atoms with Gasteiger partial charge in [0.05, 0.1) is 5.25 Å². The van der Waals surface area contributed by atoms with Gasteiger partial charge in [0.1, 0.15) is 5.82 Å². The number of nitrogens with two attached hydrogens (primary N) is 1. The minimum Gasteiger partial charge on any atom is -0.329 e. The van der Waals surface area contributed by atoms with Crippen LogP contribution in [-0.4, -0.2) is 31.1 Å². The lowest BCUT2D eigenvalue weighted by Crippen LogP contribution is -2.33. The molecule has 4 nitrogen and oxygen atoms in total. The van der Waals surface area contributed by atoms with Crippen molar-refractivity contribution in [3.05, 3.63) is 35.6 Å². The van der Waals surface area contributed by atoms with Crippen molar-refractivity contribution >= 4 is 10.0 Å². The van der Waals surface area contributed by atoms with Gasteiger partial charge in [-0.1, -0.05) is 18.2 Å². The molecule has 17 heavy (non-hydrogen) atoms. The van der Waals surface area contributed by atoms with Crippen molar-refractivity contribution in [1.82, 2.24) is 4.31 Å². The van der Waals surface area contributed by atoms with Crippen molar-refractivity contribution in [2.75, 3.05) is 13.1 Å². The predicted molar refractivity (Wildman–Crippen MR) is 63.2 cm³/mol. The summed E-state index contributed by atoms with van der Waals surface area (Å²) in [5.41, 5.74) is 5.81. The topological polar surface area (TPSA) is 63.4 Å². The summed E-state index contributed by atoms with van der Waals surface area (Å²) in [6, 6.07) is 6.21. The van der Waals surface area contributed by atoms with Gasteiger partial charge < -0.3 is 5.73 Å². The van der Waals surface area contributed by atoms with Crippen LogP contribution in [0.5, 0.6) is 0 Å². The van der Waals surface area contributed by atoms with E-state index in [9.17, 15) is 12.8 Å². The number of sulfonamides is 1. The van der Waals surface area contributed by atoms with Crippen molar-refractivity contribution in [2.24, 2.45) is 5.73 Å². The Hall–Kier alpha value is -0.980. The maximum Gasteiger partial charge on any atom is 0.218 e. The lowest BCUT2D eigenvalue weighted by Gasteiger charge is -2.16. The molecule has 0 saturated carbocycles. The molecule has 94 valence electrons. The highest BCUT2D eigenvalue weighted by Gasteiger charge is 2.37. The number of halogens is 1. The van der Waals surface area contributed by atoms with Gasteiger partial charge in [-0.3, -0.25) is 0 Å². The number of nitrogens with zero attached hydrogens (tertiary/aromatic N) is 1. The average molecular weight is 258 g/mol. The molecule has 0 bridgehead atoms. The monoisotopic (exact) mass is 258 g/mol. The first kappa shape index (κ1) is 12.5. The molecule has 2 rings (SSSR count). The molecule has 1 heterocycles. The van der Waals surface area contributed by atoms with Crippen LogP contribution in [0.1, 0.15) is 12.0 Å². The summed E-state index contributed by atoms with van der Waals surface area (Å²) >= 11 is 0. The number of benzene rings is 1. The zero-order chi connectivity index (χ0) is 12.5. The molecule has 1 saturated heterocycles. The molecule has 1 atom stereocenters. The highest BCUT2D eigenvalue weighted by Crippen LogP contribution is 2.24. The third-order valence-corrected chi connectivity index (χ3v) is 5.35. The number of hydrogen-bond donors (Lipinski definition) is 1. The van der Waals surface area contributed by atoms with Gasteiger partial charge in [-0.2, -0.15) is 4.31 Å². The fourth-order valence-electron chi connectivity index (χ4n) is 2.00. The van der Waals surface area contributed by atoms with Crippen molar-refractivity contribution in [2.45, 2.75) is 18.2 Å². The Kier molecular flexibility index (Phi) is 3.46. The molecule has 0 amide bonds. The Morgan fingerprint density at radius 2 is 2.12 bits per heavy atom. The highest BCUT2D eigenvalue weighted by molar-refractivity contribution is 7.90. The molecule has 6 heteroatoms. The first-order valence-electron chi connectivity index (χ1n) is 5.48. The Bertz CT molecular complexity index is 504. The van der Waals surface area contributed by atoms with Crippen LogP contribution in [0.25, 0.3) is 0 Å². The van der Waals surface area contributed by atoms with Crippen LogP contribution in [0.15, 0.2) is 24.3 Å². The van der Waals surface area contributed by atoms with Crippen LogP contribution in [0, 0.1) is 5.82 Å². The molecule has 1 aromatic carbocycles. The molecule has 1 fully saturated rings. The second-order valence-electron chi connectivity index (χ2n) is 4.12. The van der Waals surface area contributed by atoms with Crippen LogP contribution in [0.4, 0.5) is 4.39 Å². The zero-order valence-corrected chi connectivity index (χ0v) is 10.2. The van der Waals surface area contributed by atoms with E-state index in [1.165, 1.54) is 10.4 Å². The lowest BCUT2D eigenvalue weighted by atomic mass is 10.2. The SMILES string of the molecule is NCC1CCN(Cc2ccccc2F)S1(=O)=O. The Morgan fingerprint density at radius 3 is 2.71 bits per heavy atom. The van der Waals surface area contributed by atoms with Crippen LogP contribution in [-0.2, 0) is 16.6 Å². The summed E-state index contributed by atoms with van der Waals surface area (Å²) in [6.45, 7) is 0.625. The highest BCUT2D eigenvalue weighted by atomic mass is 32.2.